The van der Waals surface area contributed by atoms with Crippen molar-refractivity contribution in [1.82, 2.24) is 9.97 Å². The molecule has 1 aliphatic rings. The Morgan fingerprint density at radius 2 is 2.11 bits per heavy atom. The number of hydrogen-bond acceptors (Lipinski definition) is 4. The summed E-state index contributed by atoms with van der Waals surface area (Å²) in [4.78, 5) is 8.85. The molecule has 0 unspecified atom stereocenters. The molecule has 4 nitrogen and oxygen atoms in total. The molecule has 106 valence electrons. The zero-order valence-corrected chi connectivity index (χ0v) is 13.2. The van der Waals surface area contributed by atoms with Gasteiger partial charge in [0, 0.05) is 18.8 Å². The molecule has 0 bridgehead atoms. The van der Waals surface area contributed by atoms with Crippen LogP contribution in [-0.4, -0.2) is 22.6 Å². The highest BCUT2D eigenvalue weighted by Crippen LogP contribution is 2.25. The topological polar surface area (TPSA) is 49.8 Å². The van der Waals surface area contributed by atoms with E-state index in [9.17, 15) is 0 Å². The van der Waals surface area contributed by atoms with Crippen LogP contribution in [-0.2, 0) is 0 Å². The highest BCUT2D eigenvalue weighted by molar-refractivity contribution is 9.10. The van der Waals surface area contributed by atoms with Crippen LogP contribution in [0.25, 0.3) is 0 Å². The lowest BCUT2D eigenvalue weighted by Gasteiger charge is -2.23. The molecule has 1 aliphatic carbocycles. The number of nitrogens with one attached hydrogen (secondary N) is 2. The second-order valence-electron chi connectivity index (χ2n) is 5.15. The maximum absolute atomic E-state index is 4.56. The minimum atomic E-state index is 0.559. The van der Waals surface area contributed by atoms with E-state index in [-0.39, 0.29) is 0 Å². The third kappa shape index (κ3) is 4.64. The van der Waals surface area contributed by atoms with Gasteiger partial charge in [-0.2, -0.15) is 4.98 Å². The SMILES string of the molecule is CCCCNc1ncc(Br)c(NC2CCCCC2)n1. The van der Waals surface area contributed by atoms with Crippen LogP contribution >= 0.6 is 15.9 Å². The van der Waals surface area contributed by atoms with E-state index in [1.165, 1.54) is 38.5 Å². The van der Waals surface area contributed by atoms with E-state index >= 15 is 0 Å². The van der Waals surface area contributed by atoms with Crippen molar-refractivity contribution >= 4 is 27.7 Å². The molecule has 19 heavy (non-hydrogen) atoms. The summed E-state index contributed by atoms with van der Waals surface area (Å²) in [5.41, 5.74) is 0. The number of nitrogens with zero attached hydrogens (tertiary/aromatic N) is 2. The van der Waals surface area contributed by atoms with Crippen LogP contribution in [0.5, 0.6) is 0 Å². The molecule has 0 radical (unpaired) electrons. The second kappa shape index (κ2) is 7.68. The Balaban J connectivity index is 1.95. The molecule has 1 saturated carbocycles. The maximum atomic E-state index is 4.56. The number of halogens is 1. The lowest BCUT2D eigenvalue weighted by molar-refractivity contribution is 0.461. The first-order valence-electron chi connectivity index (χ1n) is 7.32. The normalized spacial score (nSPS) is 16.3. The van der Waals surface area contributed by atoms with Gasteiger partial charge >= 0.3 is 0 Å². The fourth-order valence-electron chi connectivity index (χ4n) is 2.37. The van der Waals surface area contributed by atoms with Gasteiger partial charge in [-0.25, -0.2) is 4.98 Å². The molecule has 1 aromatic heterocycles. The number of rotatable bonds is 6. The number of hydrogen-bond donors (Lipinski definition) is 2. The molecule has 1 fully saturated rings. The van der Waals surface area contributed by atoms with Gasteiger partial charge < -0.3 is 10.6 Å². The zero-order valence-electron chi connectivity index (χ0n) is 11.6. The monoisotopic (exact) mass is 326 g/mol. The van der Waals surface area contributed by atoms with Crippen molar-refractivity contribution in [1.29, 1.82) is 0 Å². The van der Waals surface area contributed by atoms with E-state index in [0.29, 0.717) is 6.04 Å². The van der Waals surface area contributed by atoms with E-state index in [2.05, 4.69) is 43.5 Å². The lowest BCUT2D eigenvalue weighted by atomic mass is 9.95. The third-order valence-corrected chi connectivity index (χ3v) is 4.08. The summed E-state index contributed by atoms with van der Waals surface area (Å²) in [6.07, 6.45) is 10.6. The van der Waals surface area contributed by atoms with Gasteiger partial charge in [0.15, 0.2) is 0 Å². The van der Waals surface area contributed by atoms with Gasteiger partial charge in [0.2, 0.25) is 5.95 Å². The first-order valence-corrected chi connectivity index (χ1v) is 8.12. The molecule has 0 saturated heterocycles. The van der Waals surface area contributed by atoms with Crippen molar-refractivity contribution in [3.63, 3.8) is 0 Å². The van der Waals surface area contributed by atoms with Gasteiger partial charge in [0.25, 0.3) is 0 Å². The summed E-state index contributed by atoms with van der Waals surface area (Å²) in [7, 11) is 0. The van der Waals surface area contributed by atoms with Gasteiger partial charge in [0.05, 0.1) is 4.47 Å². The Morgan fingerprint density at radius 3 is 2.84 bits per heavy atom. The number of unbranched alkanes of at least 4 members (excludes halogenated alkanes) is 1. The molecule has 0 spiro atoms. The van der Waals surface area contributed by atoms with Crippen LogP contribution in [0.3, 0.4) is 0 Å². The fourth-order valence-corrected chi connectivity index (χ4v) is 2.68. The molecule has 0 atom stereocenters. The first-order chi connectivity index (χ1) is 9.29. The van der Waals surface area contributed by atoms with Crippen LogP contribution in [0.4, 0.5) is 11.8 Å². The van der Waals surface area contributed by atoms with E-state index < -0.39 is 0 Å². The zero-order chi connectivity index (χ0) is 13.5. The van der Waals surface area contributed by atoms with Gasteiger partial charge in [-0.3, -0.25) is 0 Å². The minimum absolute atomic E-state index is 0.559. The third-order valence-electron chi connectivity index (χ3n) is 3.50. The summed E-state index contributed by atoms with van der Waals surface area (Å²) < 4.78 is 0.944. The molecule has 1 aromatic rings. The van der Waals surface area contributed by atoms with Gasteiger partial charge in [-0.1, -0.05) is 32.6 Å². The van der Waals surface area contributed by atoms with E-state index in [0.717, 1.165) is 29.2 Å². The van der Waals surface area contributed by atoms with E-state index in [1.807, 2.05) is 6.20 Å². The first kappa shape index (κ1) is 14.6. The minimum Gasteiger partial charge on any atom is -0.366 e. The quantitative estimate of drug-likeness (QED) is 0.769. The summed E-state index contributed by atoms with van der Waals surface area (Å²) in [6, 6.07) is 0.559. The van der Waals surface area contributed by atoms with Crippen LogP contribution in [0.15, 0.2) is 10.7 Å². The Bertz CT molecular complexity index is 391. The molecule has 0 amide bonds. The molecule has 2 rings (SSSR count). The summed E-state index contributed by atoms with van der Waals surface area (Å²) in [6.45, 7) is 3.11. The smallest absolute Gasteiger partial charge is 0.224 e. The highest BCUT2D eigenvalue weighted by Gasteiger charge is 2.15. The van der Waals surface area contributed by atoms with E-state index in [4.69, 9.17) is 0 Å². The van der Waals surface area contributed by atoms with Crippen molar-refractivity contribution < 1.29 is 0 Å². The Hall–Kier alpha value is -0.840. The Morgan fingerprint density at radius 1 is 1.32 bits per heavy atom. The van der Waals surface area contributed by atoms with Crippen molar-refractivity contribution in [2.75, 3.05) is 17.2 Å². The average molecular weight is 327 g/mol. The number of aromatic nitrogens is 2. The van der Waals surface area contributed by atoms with Crippen molar-refractivity contribution in [3.05, 3.63) is 10.7 Å². The molecule has 0 aromatic carbocycles. The van der Waals surface area contributed by atoms with Crippen molar-refractivity contribution in [2.45, 2.75) is 57.9 Å². The fraction of sp³-hybridized carbons (Fsp3) is 0.714. The number of anilines is 2. The molecular weight excluding hydrogens is 304 g/mol. The Labute approximate surface area is 123 Å². The summed E-state index contributed by atoms with van der Waals surface area (Å²) >= 11 is 3.52. The molecule has 2 N–H and O–H groups in total. The maximum Gasteiger partial charge on any atom is 0.224 e. The largest absolute Gasteiger partial charge is 0.366 e. The van der Waals surface area contributed by atoms with Gasteiger partial charge in [0.1, 0.15) is 5.82 Å². The predicted octanol–water partition coefficient (Wildman–Crippen LogP) is 4.20. The van der Waals surface area contributed by atoms with Crippen LogP contribution < -0.4 is 10.6 Å². The standard InChI is InChI=1S/C14H23BrN4/c1-2-3-9-16-14-17-10-12(15)13(19-14)18-11-7-5-4-6-8-11/h10-11H,2-9H2,1H3,(H2,16,17,18,19). The lowest BCUT2D eigenvalue weighted by Crippen LogP contribution is -2.23. The van der Waals surface area contributed by atoms with Crippen LogP contribution in [0.2, 0.25) is 0 Å². The predicted molar refractivity (Wildman–Crippen MR) is 83.6 cm³/mol. The van der Waals surface area contributed by atoms with Gasteiger partial charge in [-0.05, 0) is 35.2 Å². The summed E-state index contributed by atoms with van der Waals surface area (Å²) in [5, 5.41) is 6.81. The van der Waals surface area contributed by atoms with Crippen molar-refractivity contribution in [3.8, 4) is 0 Å². The van der Waals surface area contributed by atoms with Crippen LogP contribution in [0, 0.1) is 0 Å². The highest BCUT2D eigenvalue weighted by atomic mass is 79.9. The van der Waals surface area contributed by atoms with Gasteiger partial charge in [-0.15, -0.1) is 0 Å². The molecular formula is C14H23BrN4. The Kier molecular flexibility index (Phi) is 5.89. The molecule has 1 heterocycles. The summed E-state index contributed by atoms with van der Waals surface area (Å²) in [5.74, 6) is 1.64. The average Bonchev–Trinajstić information content (AvgIpc) is 2.44. The molecule has 5 heteroatoms. The molecule has 0 aliphatic heterocycles. The van der Waals surface area contributed by atoms with E-state index in [1.54, 1.807) is 0 Å². The second-order valence-corrected chi connectivity index (χ2v) is 6.00. The van der Waals surface area contributed by atoms with Crippen LogP contribution in [0.1, 0.15) is 51.9 Å². The van der Waals surface area contributed by atoms with Crippen molar-refractivity contribution in [2.24, 2.45) is 0 Å².